The second kappa shape index (κ2) is 6.37. The lowest BCUT2D eigenvalue weighted by molar-refractivity contribution is -0.147. The molecular formula is C16H21N3O4. The van der Waals surface area contributed by atoms with Gasteiger partial charge in [-0.2, -0.15) is 0 Å². The number of carboxylic acids is 1. The van der Waals surface area contributed by atoms with Gasteiger partial charge in [-0.3, -0.25) is 14.4 Å². The number of likely N-dealkylation sites (N-methyl/N-ethyl adjacent to an activating group) is 1. The zero-order chi connectivity index (χ0) is 17.2. The van der Waals surface area contributed by atoms with Crippen LogP contribution in [0.2, 0.25) is 0 Å². The highest BCUT2D eigenvalue weighted by molar-refractivity contribution is 6.12. The Bertz CT molecular complexity index is 651. The Morgan fingerprint density at radius 1 is 1.17 bits per heavy atom. The van der Waals surface area contributed by atoms with Crippen molar-refractivity contribution in [1.82, 2.24) is 4.90 Å². The molecule has 1 aromatic carbocycles. The summed E-state index contributed by atoms with van der Waals surface area (Å²) in [5, 5.41) is 14.6. The van der Waals surface area contributed by atoms with E-state index in [1.807, 2.05) is 13.0 Å². The molecule has 23 heavy (non-hydrogen) atoms. The van der Waals surface area contributed by atoms with E-state index in [1.165, 1.54) is 0 Å². The number of aliphatic carboxylic acids is 1. The van der Waals surface area contributed by atoms with E-state index in [4.69, 9.17) is 0 Å². The molecule has 0 aliphatic heterocycles. The van der Waals surface area contributed by atoms with Crippen molar-refractivity contribution in [2.24, 2.45) is 5.41 Å². The van der Waals surface area contributed by atoms with Gasteiger partial charge in [0, 0.05) is 0 Å². The van der Waals surface area contributed by atoms with Crippen LogP contribution in [0.5, 0.6) is 0 Å². The van der Waals surface area contributed by atoms with Crippen molar-refractivity contribution >= 4 is 29.2 Å². The Balaban J connectivity index is 2.17. The van der Waals surface area contributed by atoms with Crippen molar-refractivity contribution in [3.63, 3.8) is 0 Å². The van der Waals surface area contributed by atoms with Crippen molar-refractivity contribution in [3.05, 3.63) is 23.8 Å². The normalized spacial score (nSPS) is 15.1. The van der Waals surface area contributed by atoms with Crippen LogP contribution in [0.15, 0.2) is 18.2 Å². The first-order valence-electron chi connectivity index (χ1n) is 7.35. The predicted molar refractivity (Wildman–Crippen MR) is 86.3 cm³/mol. The van der Waals surface area contributed by atoms with Gasteiger partial charge in [0.05, 0.1) is 17.9 Å². The van der Waals surface area contributed by atoms with E-state index in [2.05, 4.69) is 10.6 Å². The number of anilines is 2. The molecule has 0 aromatic heterocycles. The number of hydrogen-bond acceptors (Lipinski definition) is 4. The minimum Gasteiger partial charge on any atom is -0.480 e. The summed E-state index contributed by atoms with van der Waals surface area (Å²) in [6.45, 7) is 2.06. The molecule has 1 aliphatic carbocycles. The molecule has 0 radical (unpaired) electrons. The fourth-order valence-electron chi connectivity index (χ4n) is 2.25. The molecule has 0 spiro atoms. The monoisotopic (exact) mass is 319 g/mol. The SMILES string of the molecule is Cc1ccc(NC(=O)CN(C)C)c(NC(=O)C2(C(=O)O)CC2)c1. The fraction of sp³-hybridized carbons (Fsp3) is 0.438. The molecule has 1 saturated carbocycles. The van der Waals surface area contributed by atoms with Crippen molar-refractivity contribution in [1.29, 1.82) is 0 Å². The molecule has 0 atom stereocenters. The highest BCUT2D eigenvalue weighted by Crippen LogP contribution is 2.47. The summed E-state index contributed by atoms with van der Waals surface area (Å²) in [5.74, 6) is -1.87. The number of amides is 2. The number of aryl methyl sites for hydroxylation is 1. The van der Waals surface area contributed by atoms with Gasteiger partial charge in [0.1, 0.15) is 5.41 Å². The Labute approximate surface area is 134 Å². The van der Waals surface area contributed by atoms with E-state index in [9.17, 15) is 19.5 Å². The highest BCUT2D eigenvalue weighted by atomic mass is 16.4. The Hall–Kier alpha value is -2.41. The Morgan fingerprint density at radius 3 is 2.35 bits per heavy atom. The predicted octanol–water partition coefficient (Wildman–Crippen LogP) is 1.30. The van der Waals surface area contributed by atoms with E-state index >= 15 is 0 Å². The van der Waals surface area contributed by atoms with Gasteiger partial charge in [-0.15, -0.1) is 0 Å². The van der Waals surface area contributed by atoms with Gasteiger partial charge in [0.25, 0.3) is 0 Å². The molecule has 0 heterocycles. The van der Waals surface area contributed by atoms with Crippen molar-refractivity contribution in [2.75, 3.05) is 31.3 Å². The van der Waals surface area contributed by atoms with Crippen molar-refractivity contribution in [3.8, 4) is 0 Å². The zero-order valence-corrected chi connectivity index (χ0v) is 13.5. The Morgan fingerprint density at radius 2 is 1.83 bits per heavy atom. The first kappa shape index (κ1) is 17.0. The number of rotatable bonds is 6. The molecule has 2 rings (SSSR count). The second-order valence-electron chi connectivity index (χ2n) is 6.18. The van der Waals surface area contributed by atoms with Crippen LogP contribution in [-0.2, 0) is 14.4 Å². The highest BCUT2D eigenvalue weighted by Gasteiger charge is 2.57. The molecule has 124 valence electrons. The van der Waals surface area contributed by atoms with Crippen LogP contribution in [0.4, 0.5) is 11.4 Å². The maximum atomic E-state index is 12.3. The molecule has 3 N–H and O–H groups in total. The van der Waals surface area contributed by atoms with Gasteiger partial charge in [0.2, 0.25) is 11.8 Å². The summed E-state index contributed by atoms with van der Waals surface area (Å²) < 4.78 is 0. The van der Waals surface area contributed by atoms with E-state index in [0.717, 1.165) is 5.56 Å². The molecular weight excluding hydrogens is 298 g/mol. The first-order valence-corrected chi connectivity index (χ1v) is 7.35. The van der Waals surface area contributed by atoms with Crippen LogP contribution in [0.1, 0.15) is 18.4 Å². The molecule has 1 aromatic rings. The first-order chi connectivity index (χ1) is 10.7. The second-order valence-corrected chi connectivity index (χ2v) is 6.18. The van der Waals surface area contributed by atoms with Gasteiger partial charge < -0.3 is 20.6 Å². The molecule has 1 fully saturated rings. The van der Waals surface area contributed by atoms with Crippen molar-refractivity contribution in [2.45, 2.75) is 19.8 Å². The summed E-state index contributed by atoms with van der Waals surface area (Å²) in [6, 6.07) is 5.21. The van der Waals surface area contributed by atoms with Crippen LogP contribution in [0.3, 0.4) is 0 Å². The quantitative estimate of drug-likeness (QED) is 0.686. The van der Waals surface area contributed by atoms with Gasteiger partial charge in [-0.25, -0.2) is 0 Å². The number of carbonyl (C=O) groups is 3. The molecule has 0 saturated heterocycles. The molecule has 1 aliphatic rings. The zero-order valence-electron chi connectivity index (χ0n) is 13.5. The number of carboxylic acid groups (broad SMARTS) is 1. The summed E-state index contributed by atoms with van der Waals surface area (Å²) in [4.78, 5) is 37.1. The van der Waals surface area contributed by atoms with E-state index in [1.54, 1.807) is 31.1 Å². The smallest absolute Gasteiger partial charge is 0.319 e. The number of carbonyl (C=O) groups excluding carboxylic acids is 2. The van der Waals surface area contributed by atoms with Gasteiger partial charge in [0.15, 0.2) is 0 Å². The van der Waals surface area contributed by atoms with Crippen LogP contribution in [0.25, 0.3) is 0 Å². The van der Waals surface area contributed by atoms with Crippen LogP contribution >= 0.6 is 0 Å². The third-order valence-electron chi connectivity index (χ3n) is 3.75. The lowest BCUT2D eigenvalue weighted by Gasteiger charge is -2.16. The average molecular weight is 319 g/mol. The minimum atomic E-state index is -1.32. The third kappa shape index (κ3) is 3.87. The van der Waals surface area contributed by atoms with Crippen molar-refractivity contribution < 1.29 is 19.5 Å². The number of nitrogens with zero attached hydrogens (tertiary/aromatic N) is 1. The maximum absolute atomic E-state index is 12.3. The number of benzene rings is 1. The maximum Gasteiger partial charge on any atom is 0.319 e. The topological polar surface area (TPSA) is 98.7 Å². The standard InChI is InChI=1S/C16H21N3O4/c1-10-4-5-11(17-13(20)9-19(2)3)12(8-10)18-14(21)16(6-7-16)15(22)23/h4-5,8H,6-7,9H2,1-3H3,(H,17,20)(H,18,21)(H,22,23). The average Bonchev–Trinajstić information content (AvgIpc) is 3.22. The summed E-state index contributed by atoms with van der Waals surface area (Å²) in [6.07, 6.45) is 0.671. The molecule has 0 unspecified atom stereocenters. The molecule has 7 nitrogen and oxygen atoms in total. The summed E-state index contributed by atoms with van der Waals surface area (Å²) in [7, 11) is 3.56. The van der Waals surface area contributed by atoms with Gasteiger partial charge in [-0.05, 0) is 51.6 Å². The van der Waals surface area contributed by atoms with Crippen LogP contribution in [0, 0.1) is 12.3 Å². The van der Waals surface area contributed by atoms with Crippen LogP contribution < -0.4 is 10.6 Å². The molecule has 7 heteroatoms. The largest absolute Gasteiger partial charge is 0.480 e. The number of hydrogen-bond donors (Lipinski definition) is 3. The van der Waals surface area contributed by atoms with Gasteiger partial charge >= 0.3 is 5.97 Å². The number of nitrogens with one attached hydrogen (secondary N) is 2. The lowest BCUT2D eigenvalue weighted by Crippen LogP contribution is -2.32. The molecule has 2 amide bonds. The minimum absolute atomic E-state index is 0.209. The van der Waals surface area contributed by atoms with E-state index in [-0.39, 0.29) is 12.5 Å². The summed E-state index contributed by atoms with van der Waals surface area (Å²) in [5.41, 5.74) is 0.437. The molecule has 0 bridgehead atoms. The van der Waals surface area contributed by atoms with Gasteiger partial charge in [-0.1, -0.05) is 6.07 Å². The van der Waals surface area contributed by atoms with Crippen LogP contribution in [-0.4, -0.2) is 48.4 Å². The lowest BCUT2D eigenvalue weighted by atomic mass is 10.1. The summed E-state index contributed by atoms with van der Waals surface area (Å²) >= 11 is 0. The Kier molecular flexibility index (Phi) is 4.70. The fourth-order valence-corrected chi connectivity index (χ4v) is 2.25. The third-order valence-corrected chi connectivity index (χ3v) is 3.75. The van der Waals surface area contributed by atoms with E-state index < -0.39 is 17.3 Å². The van der Waals surface area contributed by atoms with E-state index in [0.29, 0.717) is 24.2 Å².